The topological polar surface area (TPSA) is 12.0 Å². The molecule has 0 aromatic heterocycles. The maximum absolute atomic E-state index is 13.5. The van der Waals surface area contributed by atoms with Gasteiger partial charge in [-0.05, 0) is 37.4 Å². The third-order valence-electron chi connectivity index (χ3n) is 3.59. The van der Waals surface area contributed by atoms with Crippen LogP contribution in [0, 0.1) is 5.82 Å². The molecule has 0 saturated carbocycles. The lowest BCUT2D eigenvalue weighted by atomic mass is 9.99. The number of nitrogens with one attached hydrogen (secondary N) is 1. The maximum atomic E-state index is 13.5. The molecule has 0 aliphatic carbocycles. The van der Waals surface area contributed by atoms with Crippen LogP contribution in [0.5, 0.6) is 0 Å². The lowest BCUT2D eigenvalue weighted by Gasteiger charge is -2.19. The Morgan fingerprint density at radius 2 is 1.95 bits per heavy atom. The van der Waals surface area contributed by atoms with Crippen LogP contribution in [0.2, 0.25) is 5.02 Å². The smallest absolute Gasteiger partial charge is 0.142 e. The monoisotopic (exact) mass is 299 g/mol. The van der Waals surface area contributed by atoms with Gasteiger partial charge in [-0.3, -0.25) is 0 Å². The molecule has 0 aliphatic heterocycles. The van der Waals surface area contributed by atoms with Crippen molar-refractivity contribution in [1.82, 2.24) is 5.32 Å². The number of rotatable bonds is 10. The summed E-state index contributed by atoms with van der Waals surface area (Å²) in [6, 6.07) is 5.48. The van der Waals surface area contributed by atoms with Crippen molar-refractivity contribution in [2.24, 2.45) is 0 Å². The van der Waals surface area contributed by atoms with Gasteiger partial charge in [-0.25, -0.2) is 4.39 Å². The van der Waals surface area contributed by atoms with Gasteiger partial charge in [0.25, 0.3) is 0 Å². The summed E-state index contributed by atoms with van der Waals surface area (Å²) in [4.78, 5) is 0. The lowest BCUT2D eigenvalue weighted by Crippen LogP contribution is -2.32. The summed E-state index contributed by atoms with van der Waals surface area (Å²) in [5.74, 6) is -0.315. The Morgan fingerprint density at radius 1 is 1.15 bits per heavy atom. The van der Waals surface area contributed by atoms with Crippen LogP contribution in [0.15, 0.2) is 18.2 Å². The first kappa shape index (κ1) is 17.5. The molecule has 3 heteroatoms. The Bertz CT molecular complexity index is 381. The minimum atomic E-state index is -0.315. The molecule has 114 valence electrons. The van der Waals surface area contributed by atoms with Gasteiger partial charge >= 0.3 is 0 Å². The van der Waals surface area contributed by atoms with Gasteiger partial charge in [-0.1, -0.05) is 63.3 Å². The summed E-state index contributed by atoms with van der Waals surface area (Å²) in [6.07, 6.45) is 8.10. The number of halogens is 2. The fraction of sp³-hybridized carbons (Fsp3) is 0.647. The van der Waals surface area contributed by atoms with Crippen molar-refractivity contribution in [3.05, 3.63) is 34.6 Å². The molecule has 1 unspecified atom stereocenters. The first-order valence-corrected chi connectivity index (χ1v) is 8.23. The third kappa shape index (κ3) is 6.23. The predicted molar refractivity (Wildman–Crippen MR) is 86.0 cm³/mol. The van der Waals surface area contributed by atoms with E-state index in [-0.39, 0.29) is 10.8 Å². The molecule has 1 nitrogen and oxygen atoms in total. The second-order valence-electron chi connectivity index (χ2n) is 5.42. The highest BCUT2D eigenvalue weighted by Crippen LogP contribution is 2.22. The zero-order valence-electron chi connectivity index (χ0n) is 12.7. The van der Waals surface area contributed by atoms with E-state index in [4.69, 9.17) is 11.6 Å². The van der Waals surface area contributed by atoms with Crippen LogP contribution in [0.4, 0.5) is 4.39 Å². The van der Waals surface area contributed by atoms with Crippen LogP contribution in [0.1, 0.15) is 57.9 Å². The van der Waals surface area contributed by atoms with E-state index < -0.39 is 0 Å². The standard InChI is InChI=1S/C17H27ClFN/c1-3-5-6-7-10-15(20-12-4-2)13-14-9-8-11-16(19)17(14)18/h8-9,11,15,20H,3-7,10,12-13H2,1-2H3. The molecule has 0 fully saturated rings. The molecule has 0 radical (unpaired) electrons. The minimum Gasteiger partial charge on any atom is -0.314 e. The van der Waals surface area contributed by atoms with Crippen LogP contribution in [0.3, 0.4) is 0 Å². The normalized spacial score (nSPS) is 12.6. The van der Waals surface area contributed by atoms with E-state index in [9.17, 15) is 4.39 Å². The van der Waals surface area contributed by atoms with Crippen LogP contribution in [-0.4, -0.2) is 12.6 Å². The van der Waals surface area contributed by atoms with Crippen LogP contribution in [-0.2, 0) is 6.42 Å². The van der Waals surface area contributed by atoms with E-state index in [0.29, 0.717) is 6.04 Å². The second kappa shape index (κ2) is 10.2. The molecule has 0 aliphatic rings. The Morgan fingerprint density at radius 3 is 2.65 bits per heavy atom. The van der Waals surface area contributed by atoms with Crippen LogP contribution in [0.25, 0.3) is 0 Å². The molecule has 1 rings (SSSR count). The average molecular weight is 300 g/mol. The Kier molecular flexibility index (Phi) is 8.88. The first-order chi connectivity index (χ1) is 9.69. The molecule has 0 heterocycles. The second-order valence-corrected chi connectivity index (χ2v) is 5.80. The molecular formula is C17H27ClFN. The van der Waals surface area contributed by atoms with Crippen LogP contribution >= 0.6 is 11.6 Å². The number of unbranched alkanes of at least 4 members (excludes halogenated alkanes) is 3. The number of benzene rings is 1. The van der Waals surface area contributed by atoms with E-state index >= 15 is 0 Å². The van der Waals surface area contributed by atoms with Crippen molar-refractivity contribution in [1.29, 1.82) is 0 Å². The van der Waals surface area contributed by atoms with Gasteiger partial charge in [0.2, 0.25) is 0 Å². The van der Waals surface area contributed by atoms with Crippen molar-refractivity contribution in [3.63, 3.8) is 0 Å². The quantitative estimate of drug-likeness (QED) is 0.573. The van der Waals surface area contributed by atoms with Gasteiger partial charge in [0.1, 0.15) is 5.82 Å². The predicted octanol–water partition coefficient (Wildman–Crippen LogP) is 5.36. The van der Waals surface area contributed by atoms with Crippen molar-refractivity contribution >= 4 is 11.6 Å². The average Bonchev–Trinajstić information content (AvgIpc) is 2.45. The molecule has 0 spiro atoms. The molecule has 20 heavy (non-hydrogen) atoms. The molecule has 0 amide bonds. The van der Waals surface area contributed by atoms with Gasteiger partial charge in [-0.2, -0.15) is 0 Å². The molecule has 0 saturated heterocycles. The summed E-state index contributed by atoms with van der Waals surface area (Å²) in [6.45, 7) is 5.39. The first-order valence-electron chi connectivity index (χ1n) is 7.85. The Labute approximate surface area is 127 Å². The molecule has 0 bridgehead atoms. The largest absolute Gasteiger partial charge is 0.314 e. The van der Waals surface area contributed by atoms with E-state index in [1.165, 1.54) is 31.7 Å². The van der Waals surface area contributed by atoms with Gasteiger partial charge in [0, 0.05) is 6.04 Å². The summed E-state index contributed by atoms with van der Waals surface area (Å²) in [5, 5.41) is 3.84. The summed E-state index contributed by atoms with van der Waals surface area (Å²) < 4.78 is 13.5. The van der Waals surface area contributed by atoms with Crippen molar-refractivity contribution in [2.75, 3.05) is 6.54 Å². The lowest BCUT2D eigenvalue weighted by molar-refractivity contribution is 0.452. The third-order valence-corrected chi connectivity index (χ3v) is 4.01. The maximum Gasteiger partial charge on any atom is 0.142 e. The highest BCUT2D eigenvalue weighted by atomic mass is 35.5. The zero-order valence-corrected chi connectivity index (χ0v) is 13.5. The SMILES string of the molecule is CCCCCCC(Cc1cccc(F)c1Cl)NCCC. The van der Waals surface area contributed by atoms with Gasteiger partial charge < -0.3 is 5.32 Å². The van der Waals surface area contributed by atoms with Gasteiger partial charge in [0.05, 0.1) is 5.02 Å². The summed E-state index contributed by atoms with van der Waals surface area (Å²) in [5.41, 5.74) is 0.913. The zero-order chi connectivity index (χ0) is 14.8. The molecular weight excluding hydrogens is 273 g/mol. The van der Waals surface area contributed by atoms with E-state index in [1.54, 1.807) is 6.07 Å². The van der Waals surface area contributed by atoms with Crippen molar-refractivity contribution in [3.8, 4) is 0 Å². The van der Waals surface area contributed by atoms with Crippen molar-refractivity contribution < 1.29 is 4.39 Å². The van der Waals surface area contributed by atoms with E-state index in [0.717, 1.165) is 31.4 Å². The Balaban J connectivity index is 2.56. The molecule has 1 atom stereocenters. The van der Waals surface area contributed by atoms with Gasteiger partial charge in [-0.15, -0.1) is 0 Å². The van der Waals surface area contributed by atoms with E-state index in [1.807, 2.05) is 6.07 Å². The fourth-order valence-corrected chi connectivity index (χ4v) is 2.62. The van der Waals surface area contributed by atoms with Gasteiger partial charge in [0.15, 0.2) is 0 Å². The molecule has 1 aromatic carbocycles. The van der Waals surface area contributed by atoms with E-state index in [2.05, 4.69) is 19.2 Å². The van der Waals surface area contributed by atoms with Crippen molar-refractivity contribution in [2.45, 2.75) is 64.8 Å². The fourth-order valence-electron chi connectivity index (χ4n) is 2.41. The summed E-state index contributed by atoms with van der Waals surface area (Å²) in [7, 11) is 0. The molecule has 1 aromatic rings. The number of hydrogen-bond acceptors (Lipinski definition) is 1. The number of hydrogen-bond donors (Lipinski definition) is 1. The molecule has 1 N–H and O–H groups in total. The highest BCUT2D eigenvalue weighted by Gasteiger charge is 2.12. The summed E-state index contributed by atoms with van der Waals surface area (Å²) >= 11 is 6.05. The highest BCUT2D eigenvalue weighted by molar-refractivity contribution is 6.31. The minimum absolute atomic E-state index is 0.282. The Hall–Kier alpha value is -0.600. The van der Waals surface area contributed by atoms with Crippen LogP contribution < -0.4 is 5.32 Å².